The molecule has 0 aromatic rings. The van der Waals surface area contributed by atoms with Gasteiger partial charge in [-0.25, -0.2) is 13.1 Å². The van der Waals surface area contributed by atoms with E-state index in [0.29, 0.717) is 32.7 Å². The molecule has 0 unspecified atom stereocenters. The van der Waals surface area contributed by atoms with E-state index in [2.05, 4.69) is 10.0 Å². The summed E-state index contributed by atoms with van der Waals surface area (Å²) in [6.45, 7) is 3.31. The van der Waals surface area contributed by atoms with Crippen LogP contribution in [0.1, 0.15) is 6.42 Å². The van der Waals surface area contributed by atoms with E-state index in [9.17, 15) is 8.42 Å². The van der Waals surface area contributed by atoms with Gasteiger partial charge in [-0.3, -0.25) is 0 Å². The first-order valence-corrected chi connectivity index (χ1v) is 7.46. The van der Waals surface area contributed by atoms with Gasteiger partial charge in [-0.05, 0) is 27.1 Å². The molecule has 0 atom stereocenters. The Hall–Kier alpha value is -0.210. The molecule has 0 saturated heterocycles. The minimum atomic E-state index is -3.12. The SMILES string of the molecule is CNCCCS(=O)(=O)NCCN(C)CCOC. The summed E-state index contributed by atoms with van der Waals surface area (Å²) >= 11 is 0. The normalized spacial score (nSPS) is 12.2. The monoisotopic (exact) mass is 267 g/mol. The van der Waals surface area contributed by atoms with Gasteiger partial charge in [0.05, 0.1) is 12.4 Å². The lowest BCUT2D eigenvalue weighted by Crippen LogP contribution is -2.35. The van der Waals surface area contributed by atoms with Crippen molar-refractivity contribution in [1.82, 2.24) is 14.9 Å². The Balaban J connectivity index is 3.64. The van der Waals surface area contributed by atoms with Crippen LogP contribution in [0.5, 0.6) is 0 Å². The van der Waals surface area contributed by atoms with E-state index < -0.39 is 10.0 Å². The minimum absolute atomic E-state index is 0.176. The second kappa shape index (κ2) is 9.78. The van der Waals surface area contributed by atoms with E-state index >= 15 is 0 Å². The molecule has 0 aliphatic rings. The standard InChI is InChI=1S/C10H25N3O3S/c1-11-5-4-10-17(14,15)12-6-7-13(2)8-9-16-3/h11-12H,4-10H2,1-3H3. The fourth-order valence-corrected chi connectivity index (χ4v) is 2.33. The van der Waals surface area contributed by atoms with Crippen LogP contribution in [-0.4, -0.2) is 73.1 Å². The van der Waals surface area contributed by atoms with Gasteiger partial charge in [0.25, 0.3) is 0 Å². The molecule has 0 saturated carbocycles. The van der Waals surface area contributed by atoms with Crippen LogP contribution in [0.15, 0.2) is 0 Å². The second-order valence-corrected chi connectivity index (χ2v) is 5.89. The zero-order chi connectivity index (χ0) is 13.1. The first-order chi connectivity index (χ1) is 8.02. The third-order valence-electron chi connectivity index (χ3n) is 2.33. The Kier molecular flexibility index (Phi) is 9.66. The van der Waals surface area contributed by atoms with Crippen molar-refractivity contribution in [3.63, 3.8) is 0 Å². The number of ether oxygens (including phenoxy) is 1. The lowest BCUT2D eigenvalue weighted by Gasteiger charge is -2.16. The maximum atomic E-state index is 11.5. The number of rotatable bonds is 11. The van der Waals surface area contributed by atoms with Gasteiger partial charge in [0.2, 0.25) is 10.0 Å². The first kappa shape index (κ1) is 16.8. The van der Waals surface area contributed by atoms with Crippen LogP contribution in [0.25, 0.3) is 0 Å². The molecule has 0 radical (unpaired) electrons. The molecule has 0 bridgehead atoms. The van der Waals surface area contributed by atoms with E-state index in [1.165, 1.54) is 0 Å². The zero-order valence-corrected chi connectivity index (χ0v) is 11.8. The van der Waals surface area contributed by atoms with Crippen molar-refractivity contribution < 1.29 is 13.2 Å². The number of nitrogens with zero attached hydrogens (tertiary/aromatic N) is 1. The van der Waals surface area contributed by atoms with Crippen molar-refractivity contribution in [2.45, 2.75) is 6.42 Å². The Bertz CT molecular complexity index is 270. The Morgan fingerprint density at radius 2 is 1.94 bits per heavy atom. The molecule has 0 aliphatic carbocycles. The Morgan fingerprint density at radius 1 is 1.24 bits per heavy atom. The third-order valence-corrected chi connectivity index (χ3v) is 3.80. The highest BCUT2D eigenvalue weighted by atomic mass is 32.2. The first-order valence-electron chi connectivity index (χ1n) is 5.81. The summed E-state index contributed by atoms with van der Waals surface area (Å²) in [5.41, 5.74) is 0. The fourth-order valence-electron chi connectivity index (χ4n) is 1.26. The van der Waals surface area contributed by atoms with Crippen molar-refractivity contribution in [3.8, 4) is 0 Å². The molecular weight excluding hydrogens is 242 g/mol. The van der Waals surface area contributed by atoms with Crippen LogP contribution in [0.4, 0.5) is 0 Å². The van der Waals surface area contributed by atoms with Gasteiger partial charge in [0.1, 0.15) is 0 Å². The van der Waals surface area contributed by atoms with Crippen molar-refractivity contribution in [2.75, 3.05) is 59.7 Å². The van der Waals surface area contributed by atoms with Gasteiger partial charge >= 0.3 is 0 Å². The molecule has 0 aromatic heterocycles. The molecule has 7 heteroatoms. The second-order valence-electron chi connectivity index (χ2n) is 3.97. The average Bonchev–Trinajstić information content (AvgIpc) is 2.26. The van der Waals surface area contributed by atoms with Crippen LogP contribution < -0.4 is 10.0 Å². The quantitative estimate of drug-likeness (QED) is 0.475. The van der Waals surface area contributed by atoms with E-state index in [0.717, 1.165) is 6.54 Å². The lowest BCUT2D eigenvalue weighted by atomic mass is 10.5. The molecule has 0 heterocycles. The van der Waals surface area contributed by atoms with Crippen LogP contribution in [0, 0.1) is 0 Å². The molecule has 0 aromatic carbocycles. The number of nitrogens with one attached hydrogen (secondary N) is 2. The van der Waals surface area contributed by atoms with E-state index in [-0.39, 0.29) is 5.75 Å². The topological polar surface area (TPSA) is 70.7 Å². The highest BCUT2D eigenvalue weighted by Gasteiger charge is 2.09. The van der Waals surface area contributed by atoms with E-state index in [1.807, 2.05) is 19.0 Å². The average molecular weight is 267 g/mol. The lowest BCUT2D eigenvalue weighted by molar-refractivity contribution is 0.162. The molecule has 0 amide bonds. The van der Waals surface area contributed by atoms with Crippen molar-refractivity contribution in [1.29, 1.82) is 0 Å². The molecule has 0 spiro atoms. The smallest absolute Gasteiger partial charge is 0.211 e. The van der Waals surface area contributed by atoms with E-state index in [4.69, 9.17) is 4.74 Å². The molecule has 0 fully saturated rings. The maximum Gasteiger partial charge on any atom is 0.211 e. The summed E-state index contributed by atoms with van der Waals surface area (Å²) < 4.78 is 30.6. The number of sulfonamides is 1. The number of hydrogen-bond acceptors (Lipinski definition) is 5. The third kappa shape index (κ3) is 10.7. The van der Waals surface area contributed by atoms with Crippen LogP contribution in [0.3, 0.4) is 0 Å². The summed E-state index contributed by atoms with van der Waals surface area (Å²) in [5.74, 6) is 0.176. The molecular formula is C10H25N3O3S. The van der Waals surface area contributed by atoms with Gasteiger partial charge < -0.3 is 15.0 Å². The Morgan fingerprint density at radius 3 is 2.53 bits per heavy atom. The maximum absolute atomic E-state index is 11.5. The largest absolute Gasteiger partial charge is 0.383 e. The fraction of sp³-hybridized carbons (Fsp3) is 1.00. The van der Waals surface area contributed by atoms with Crippen LogP contribution in [0.2, 0.25) is 0 Å². The number of hydrogen-bond donors (Lipinski definition) is 2. The summed E-state index contributed by atoms with van der Waals surface area (Å²) in [7, 11) is 2.28. The van der Waals surface area contributed by atoms with Gasteiger partial charge in [0, 0.05) is 26.7 Å². The predicted molar refractivity (Wildman–Crippen MR) is 69.7 cm³/mol. The summed E-state index contributed by atoms with van der Waals surface area (Å²) in [6.07, 6.45) is 0.630. The highest BCUT2D eigenvalue weighted by molar-refractivity contribution is 7.89. The van der Waals surface area contributed by atoms with E-state index in [1.54, 1.807) is 7.11 Å². The molecule has 6 nitrogen and oxygen atoms in total. The minimum Gasteiger partial charge on any atom is -0.383 e. The molecule has 0 rings (SSSR count). The highest BCUT2D eigenvalue weighted by Crippen LogP contribution is 1.89. The molecule has 0 aliphatic heterocycles. The van der Waals surface area contributed by atoms with Gasteiger partial charge in [0.15, 0.2) is 0 Å². The van der Waals surface area contributed by atoms with Crippen molar-refractivity contribution in [3.05, 3.63) is 0 Å². The van der Waals surface area contributed by atoms with Crippen molar-refractivity contribution in [2.24, 2.45) is 0 Å². The predicted octanol–water partition coefficient (Wildman–Crippen LogP) is -0.906. The summed E-state index contributed by atoms with van der Waals surface area (Å²) in [4.78, 5) is 2.03. The van der Waals surface area contributed by atoms with Gasteiger partial charge in [-0.1, -0.05) is 0 Å². The van der Waals surface area contributed by atoms with Crippen LogP contribution in [-0.2, 0) is 14.8 Å². The number of likely N-dealkylation sites (N-methyl/N-ethyl adjacent to an activating group) is 1. The summed E-state index contributed by atoms with van der Waals surface area (Å²) in [5, 5.41) is 2.92. The zero-order valence-electron chi connectivity index (χ0n) is 11.0. The number of methoxy groups -OCH3 is 1. The van der Waals surface area contributed by atoms with Gasteiger partial charge in [-0.2, -0.15) is 0 Å². The molecule has 2 N–H and O–H groups in total. The summed E-state index contributed by atoms with van der Waals surface area (Å²) in [6, 6.07) is 0. The molecule has 104 valence electrons. The van der Waals surface area contributed by atoms with Crippen LogP contribution >= 0.6 is 0 Å². The Labute approximate surface area is 105 Å². The van der Waals surface area contributed by atoms with Gasteiger partial charge in [-0.15, -0.1) is 0 Å². The molecule has 17 heavy (non-hydrogen) atoms. The van der Waals surface area contributed by atoms with Crippen molar-refractivity contribution >= 4 is 10.0 Å².